The third-order valence-corrected chi connectivity index (χ3v) is 4.25. The van der Waals surface area contributed by atoms with Crippen LogP contribution in [0.2, 0.25) is 0 Å². The number of halogens is 1. The van der Waals surface area contributed by atoms with Crippen molar-refractivity contribution in [2.45, 2.75) is 26.9 Å². The molecule has 0 spiro atoms. The molecular formula is C14H18BrN3. The van der Waals surface area contributed by atoms with Crippen LogP contribution in [0.3, 0.4) is 0 Å². The van der Waals surface area contributed by atoms with Crippen LogP contribution in [0.4, 0.5) is 0 Å². The molecule has 96 valence electrons. The van der Waals surface area contributed by atoms with Gasteiger partial charge in [0.2, 0.25) is 0 Å². The standard InChI is InChI=1S/C14H18BrN3/c1-10-14(15)11(2)18(17-10)9-13-7-5-4-6-12(13)8-16-3/h4-7,16H,8-9H2,1-3H3. The summed E-state index contributed by atoms with van der Waals surface area (Å²) in [4.78, 5) is 0. The summed E-state index contributed by atoms with van der Waals surface area (Å²) >= 11 is 3.57. The first-order chi connectivity index (χ1) is 8.63. The summed E-state index contributed by atoms with van der Waals surface area (Å²) in [5.74, 6) is 0. The minimum absolute atomic E-state index is 0.816. The van der Waals surface area contributed by atoms with Crippen molar-refractivity contribution in [2.75, 3.05) is 7.05 Å². The maximum Gasteiger partial charge on any atom is 0.0738 e. The zero-order chi connectivity index (χ0) is 13.1. The van der Waals surface area contributed by atoms with E-state index in [1.54, 1.807) is 0 Å². The average Bonchev–Trinajstić information content (AvgIpc) is 2.60. The quantitative estimate of drug-likeness (QED) is 0.941. The molecule has 1 aromatic carbocycles. The van der Waals surface area contributed by atoms with Crippen LogP contribution in [0.5, 0.6) is 0 Å². The summed E-state index contributed by atoms with van der Waals surface area (Å²) < 4.78 is 3.15. The zero-order valence-corrected chi connectivity index (χ0v) is 12.6. The highest BCUT2D eigenvalue weighted by atomic mass is 79.9. The lowest BCUT2D eigenvalue weighted by molar-refractivity contribution is 0.650. The summed E-state index contributed by atoms with van der Waals surface area (Å²) in [6.07, 6.45) is 0. The van der Waals surface area contributed by atoms with Crippen molar-refractivity contribution in [1.82, 2.24) is 15.1 Å². The van der Waals surface area contributed by atoms with E-state index in [1.807, 2.05) is 18.7 Å². The lowest BCUT2D eigenvalue weighted by atomic mass is 10.1. The minimum atomic E-state index is 0.816. The Bertz CT molecular complexity index is 546. The van der Waals surface area contributed by atoms with Gasteiger partial charge in [-0.1, -0.05) is 24.3 Å². The third kappa shape index (κ3) is 2.65. The summed E-state index contributed by atoms with van der Waals surface area (Å²) in [6.45, 7) is 5.81. The fourth-order valence-corrected chi connectivity index (χ4v) is 2.35. The minimum Gasteiger partial charge on any atom is -0.316 e. The molecule has 2 aromatic rings. The van der Waals surface area contributed by atoms with Crippen molar-refractivity contribution in [3.05, 3.63) is 51.3 Å². The molecule has 0 saturated carbocycles. The smallest absolute Gasteiger partial charge is 0.0738 e. The molecule has 0 aliphatic heterocycles. The highest BCUT2D eigenvalue weighted by Crippen LogP contribution is 2.21. The van der Waals surface area contributed by atoms with E-state index >= 15 is 0 Å². The molecule has 2 rings (SSSR count). The Hall–Kier alpha value is -1.13. The Balaban J connectivity index is 2.31. The number of hydrogen-bond acceptors (Lipinski definition) is 2. The largest absolute Gasteiger partial charge is 0.316 e. The van der Waals surface area contributed by atoms with E-state index < -0.39 is 0 Å². The van der Waals surface area contributed by atoms with Crippen molar-refractivity contribution in [1.29, 1.82) is 0 Å². The Morgan fingerprint density at radius 3 is 2.44 bits per heavy atom. The van der Waals surface area contributed by atoms with Gasteiger partial charge in [-0.3, -0.25) is 4.68 Å². The van der Waals surface area contributed by atoms with Gasteiger partial charge in [0.05, 0.1) is 22.4 Å². The summed E-state index contributed by atoms with van der Waals surface area (Å²) in [5, 5.41) is 7.76. The number of aryl methyl sites for hydroxylation is 1. The topological polar surface area (TPSA) is 29.9 Å². The molecule has 0 radical (unpaired) electrons. The van der Waals surface area contributed by atoms with E-state index in [0.29, 0.717) is 0 Å². The van der Waals surface area contributed by atoms with E-state index in [1.165, 1.54) is 16.8 Å². The van der Waals surface area contributed by atoms with Crippen LogP contribution in [0.1, 0.15) is 22.5 Å². The molecule has 1 heterocycles. The van der Waals surface area contributed by atoms with Crippen molar-refractivity contribution in [3.8, 4) is 0 Å². The molecule has 0 atom stereocenters. The van der Waals surface area contributed by atoms with Gasteiger partial charge in [0.1, 0.15) is 0 Å². The first-order valence-corrected chi connectivity index (χ1v) is 6.83. The second-order valence-corrected chi connectivity index (χ2v) is 5.23. The molecule has 0 aliphatic rings. The van der Waals surface area contributed by atoms with Gasteiger partial charge in [-0.05, 0) is 48.0 Å². The maximum atomic E-state index is 4.56. The molecule has 18 heavy (non-hydrogen) atoms. The van der Waals surface area contributed by atoms with E-state index in [-0.39, 0.29) is 0 Å². The fraction of sp³-hybridized carbons (Fsp3) is 0.357. The second kappa shape index (κ2) is 5.67. The normalized spacial score (nSPS) is 10.9. The molecule has 1 aromatic heterocycles. The van der Waals surface area contributed by atoms with Crippen LogP contribution in [0.25, 0.3) is 0 Å². The molecule has 1 N–H and O–H groups in total. The first-order valence-electron chi connectivity index (χ1n) is 6.04. The predicted molar refractivity (Wildman–Crippen MR) is 77.7 cm³/mol. The summed E-state index contributed by atoms with van der Waals surface area (Å²) in [5.41, 5.74) is 4.85. The number of aromatic nitrogens is 2. The van der Waals surface area contributed by atoms with Crippen LogP contribution in [-0.2, 0) is 13.1 Å². The van der Waals surface area contributed by atoms with Crippen molar-refractivity contribution in [2.24, 2.45) is 0 Å². The van der Waals surface area contributed by atoms with Gasteiger partial charge in [-0.25, -0.2) is 0 Å². The molecule has 0 aliphatic carbocycles. The van der Waals surface area contributed by atoms with Crippen molar-refractivity contribution in [3.63, 3.8) is 0 Å². The van der Waals surface area contributed by atoms with Crippen molar-refractivity contribution >= 4 is 15.9 Å². The van der Waals surface area contributed by atoms with E-state index in [0.717, 1.165) is 23.3 Å². The van der Waals surface area contributed by atoms with Crippen molar-refractivity contribution < 1.29 is 0 Å². The van der Waals surface area contributed by atoms with Gasteiger partial charge in [-0.2, -0.15) is 5.10 Å². The highest BCUT2D eigenvalue weighted by molar-refractivity contribution is 9.10. The Labute approximate surface area is 116 Å². The molecule has 0 saturated heterocycles. The molecule has 4 heteroatoms. The Morgan fingerprint density at radius 1 is 1.22 bits per heavy atom. The second-order valence-electron chi connectivity index (χ2n) is 4.44. The number of rotatable bonds is 4. The molecule has 0 unspecified atom stereocenters. The number of hydrogen-bond donors (Lipinski definition) is 1. The fourth-order valence-electron chi connectivity index (χ4n) is 2.07. The van der Waals surface area contributed by atoms with Gasteiger partial charge in [0.15, 0.2) is 0 Å². The van der Waals surface area contributed by atoms with E-state index in [9.17, 15) is 0 Å². The molecule has 3 nitrogen and oxygen atoms in total. The summed E-state index contributed by atoms with van der Waals surface area (Å²) in [6, 6.07) is 8.48. The molecule has 0 fully saturated rings. The van der Waals surface area contributed by atoms with E-state index in [2.05, 4.69) is 57.5 Å². The van der Waals surface area contributed by atoms with E-state index in [4.69, 9.17) is 0 Å². The van der Waals surface area contributed by atoms with Gasteiger partial charge in [0, 0.05) is 6.54 Å². The lowest BCUT2D eigenvalue weighted by Gasteiger charge is -2.10. The van der Waals surface area contributed by atoms with Crippen LogP contribution in [-0.4, -0.2) is 16.8 Å². The molecule has 0 amide bonds. The SMILES string of the molecule is CNCc1ccccc1Cn1nc(C)c(Br)c1C. The number of benzene rings is 1. The van der Waals surface area contributed by atoms with Gasteiger partial charge in [-0.15, -0.1) is 0 Å². The van der Waals surface area contributed by atoms with Crippen LogP contribution in [0, 0.1) is 13.8 Å². The average molecular weight is 308 g/mol. The van der Waals surface area contributed by atoms with Crippen LogP contribution in [0.15, 0.2) is 28.7 Å². The lowest BCUT2D eigenvalue weighted by Crippen LogP contribution is -2.11. The molecule has 0 bridgehead atoms. The third-order valence-electron chi connectivity index (χ3n) is 3.10. The summed E-state index contributed by atoms with van der Waals surface area (Å²) in [7, 11) is 1.97. The van der Waals surface area contributed by atoms with Gasteiger partial charge < -0.3 is 5.32 Å². The predicted octanol–water partition coefficient (Wildman–Crippen LogP) is 3.03. The zero-order valence-electron chi connectivity index (χ0n) is 11.0. The monoisotopic (exact) mass is 307 g/mol. The number of nitrogens with zero attached hydrogens (tertiary/aromatic N) is 2. The highest BCUT2D eigenvalue weighted by Gasteiger charge is 2.10. The van der Waals surface area contributed by atoms with Gasteiger partial charge in [0.25, 0.3) is 0 Å². The Kier molecular flexibility index (Phi) is 4.19. The maximum absolute atomic E-state index is 4.56. The van der Waals surface area contributed by atoms with Crippen LogP contribution >= 0.6 is 15.9 Å². The first kappa shape index (κ1) is 13.3. The van der Waals surface area contributed by atoms with Crippen LogP contribution < -0.4 is 5.32 Å². The van der Waals surface area contributed by atoms with Gasteiger partial charge >= 0.3 is 0 Å². The molecular weight excluding hydrogens is 290 g/mol. The number of nitrogens with one attached hydrogen (secondary N) is 1. The Morgan fingerprint density at radius 2 is 1.89 bits per heavy atom.